The van der Waals surface area contributed by atoms with Crippen LogP contribution in [0.1, 0.15) is 66.6 Å². The molecule has 3 aromatic rings. The highest BCUT2D eigenvalue weighted by Gasteiger charge is 2.43. The molecule has 2 N–H and O–H groups in total. The minimum Gasteiger partial charge on any atom is -0.398 e. The van der Waals surface area contributed by atoms with Crippen molar-refractivity contribution in [1.29, 1.82) is 0 Å². The molecular weight excluding hydrogens is 458 g/mol. The van der Waals surface area contributed by atoms with Gasteiger partial charge < -0.3 is 15.5 Å². The van der Waals surface area contributed by atoms with Crippen molar-refractivity contribution in [3.63, 3.8) is 0 Å². The van der Waals surface area contributed by atoms with E-state index in [-0.39, 0.29) is 23.8 Å². The lowest BCUT2D eigenvalue weighted by atomic mass is 9.77. The molecule has 0 unspecified atom stereocenters. The predicted molar refractivity (Wildman–Crippen MR) is 145 cm³/mol. The predicted octanol–water partition coefficient (Wildman–Crippen LogP) is 4.81. The molecule has 0 spiro atoms. The minimum absolute atomic E-state index is 0.0278. The van der Waals surface area contributed by atoms with Crippen molar-refractivity contribution in [3.05, 3.63) is 77.4 Å². The summed E-state index contributed by atoms with van der Waals surface area (Å²) in [6.07, 6.45) is 10.0. The number of rotatable bonds is 5. The molecule has 3 heterocycles. The molecule has 6 nitrogen and oxygen atoms in total. The highest BCUT2D eigenvalue weighted by molar-refractivity contribution is 5.85. The van der Waals surface area contributed by atoms with Gasteiger partial charge in [-0.25, -0.2) is 9.97 Å². The fourth-order valence-electron chi connectivity index (χ4n) is 7.04. The van der Waals surface area contributed by atoms with Crippen molar-refractivity contribution < 1.29 is 4.79 Å². The van der Waals surface area contributed by atoms with Gasteiger partial charge in [0.2, 0.25) is 5.91 Å². The van der Waals surface area contributed by atoms with Crippen LogP contribution in [0, 0.1) is 11.8 Å². The second kappa shape index (κ2) is 9.25. The van der Waals surface area contributed by atoms with Gasteiger partial charge in [-0.2, -0.15) is 0 Å². The number of carbonyl (C=O) groups excluding carboxylic acids is 1. The van der Waals surface area contributed by atoms with Gasteiger partial charge in [0.15, 0.2) is 5.82 Å². The zero-order valence-corrected chi connectivity index (χ0v) is 21.4. The Kier molecular flexibility index (Phi) is 5.73. The quantitative estimate of drug-likeness (QED) is 0.404. The van der Waals surface area contributed by atoms with Gasteiger partial charge in [0, 0.05) is 44.1 Å². The molecule has 3 atom stereocenters. The molecule has 1 aromatic heterocycles. The van der Waals surface area contributed by atoms with Crippen molar-refractivity contribution in [2.24, 2.45) is 11.8 Å². The number of hydrogen-bond acceptors (Lipinski definition) is 5. The fraction of sp³-hybridized carbons (Fsp3) is 0.452. The van der Waals surface area contributed by atoms with Crippen LogP contribution in [0.4, 0.5) is 5.69 Å². The second-order valence-electron chi connectivity index (χ2n) is 11.4. The largest absolute Gasteiger partial charge is 0.398 e. The molecule has 37 heavy (non-hydrogen) atoms. The number of fused-ring (bicyclic) bond motifs is 3. The summed E-state index contributed by atoms with van der Waals surface area (Å²) in [5.74, 6) is 1.87. The molecule has 0 bridgehead atoms. The molecule has 3 fully saturated rings. The standard InChI is InChI=1S/C31H35N5O/c32-29-25(11-10-23-22-6-2-1-5-21(22)17-26(23)29)24-12-16-35(18-20-8-9-20)19-27(24)31(37)36-15-3-7-28(36)30-33-13-4-14-34-30/h1-2,4-6,10-11,13-14,20,24,27-28H,3,7-9,12,15-19,32H2/t24-,27-,28-/m1/s1. The summed E-state index contributed by atoms with van der Waals surface area (Å²) in [7, 11) is 0. The van der Waals surface area contributed by atoms with Gasteiger partial charge in [0.1, 0.15) is 0 Å². The molecule has 1 saturated carbocycles. The average Bonchev–Trinajstić information content (AvgIpc) is 3.46. The van der Waals surface area contributed by atoms with Crippen molar-refractivity contribution >= 4 is 11.6 Å². The Morgan fingerprint density at radius 2 is 1.78 bits per heavy atom. The number of nitrogens with zero attached hydrogens (tertiary/aromatic N) is 4. The summed E-state index contributed by atoms with van der Waals surface area (Å²) >= 11 is 0. The van der Waals surface area contributed by atoms with Crippen LogP contribution in [-0.4, -0.2) is 51.9 Å². The Bertz CT molecular complexity index is 1320. The van der Waals surface area contributed by atoms with Crippen LogP contribution in [0.3, 0.4) is 0 Å². The van der Waals surface area contributed by atoms with Gasteiger partial charge in [0.25, 0.3) is 0 Å². The second-order valence-corrected chi connectivity index (χ2v) is 11.4. The summed E-state index contributed by atoms with van der Waals surface area (Å²) in [4.78, 5) is 28.0. The van der Waals surface area contributed by atoms with Crippen LogP contribution in [0.5, 0.6) is 0 Å². The minimum atomic E-state index is -0.0964. The highest BCUT2D eigenvalue weighted by atomic mass is 16.2. The van der Waals surface area contributed by atoms with Crippen molar-refractivity contribution in [2.75, 3.05) is 31.9 Å². The maximum Gasteiger partial charge on any atom is 0.228 e. The van der Waals surface area contributed by atoms with E-state index in [9.17, 15) is 4.79 Å². The topological polar surface area (TPSA) is 75.3 Å². The molecule has 2 aliphatic heterocycles. The third-order valence-corrected chi connectivity index (χ3v) is 9.11. The monoisotopic (exact) mass is 493 g/mol. The van der Waals surface area contributed by atoms with E-state index in [2.05, 4.69) is 56.2 Å². The van der Waals surface area contributed by atoms with Crippen LogP contribution in [0.25, 0.3) is 11.1 Å². The van der Waals surface area contributed by atoms with Gasteiger partial charge in [-0.3, -0.25) is 4.79 Å². The highest BCUT2D eigenvalue weighted by Crippen LogP contribution is 2.46. The third kappa shape index (κ3) is 4.11. The lowest BCUT2D eigenvalue weighted by Crippen LogP contribution is -2.48. The maximum atomic E-state index is 14.3. The Balaban J connectivity index is 1.22. The number of nitrogens with two attached hydrogens (primary N) is 1. The summed E-state index contributed by atoms with van der Waals surface area (Å²) in [6.45, 7) is 3.75. The van der Waals surface area contributed by atoms with Gasteiger partial charge in [-0.1, -0.05) is 36.4 Å². The number of benzene rings is 2. The number of amides is 1. The first-order chi connectivity index (χ1) is 18.2. The van der Waals surface area contributed by atoms with Crippen LogP contribution in [-0.2, 0) is 11.2 Å². The maximum absolute atomic E-state index is 14.3. The van der Waals surface area contributed by atoms with Gasteiger partial charge in [-0.15, -0.1) is 0 Å². The van der Waals surface area contributed by atoms with Crippen LogP contribution in [0.15, 0.2) is 54.9 Å². The zero-order chi connectivity index (χ0) is 24.9. The van der Waals surface area contributed by atoms with Crippen molar-refractivity contribution in [2.45, 2.75) is 50.5 Å². The molecular formula is C31H35N5O. The molecule has 2 saturated heterocycles. The molecule has 2 aliphatic carbocycles. The lowest BCUT2D eigenvalue weighted by Gasteiger charge is -2.41. The van der Waals surface area contributed by atoms with E-state index in [0.717, 1.165) is 69.3 Å². The molecule has 7 rings (SSSR count). The molecule has 190 valence electrons. The van der Waals surface area contributed by atoms with E-state index in [1.165, 1.54) is 40.7 Å². The van der Waals surface area contributed by atoms with E-state index in [0.29, 0.717) is 0 Å². The molecule has 2 aromatic carbocycles. The van der Waals surface area contributed by atoms with Crippen LogP contribution < -0.4 is 5.73 Å². The number of carbonyl (C=O) groups is 1. The fourth-order valence-corrected chi connectivity index (χ4v) is 7.04. The number of hydrogen-bond donors (Lipinski definition) is 1. The zero-order valence-electron chi connectivity index (χ0n) is 21.4. The first-order valence-corrected chi connectivity index (χ1v) is 14.0. The molecule has 1 amide bonds. The SMILES string of the molecule is Nc1c([C@H]2CCN(CC3CC3)C[C@H]2C(=O)N2CCC[C@@H]2c2ncccn2)ccc2c1Cc1ccccc1-2. The normalized spacial score (nSPS) is 25.2. The van der Waals surface area contributed by atoms with Crippen molar-refractivity contribution in [1.82, 2.24) is 19.8 Å². The Labute approximate surface area is 218 Å². The van der Waals surface area contributed by atoms with Crippen molar-refractivity contribution in [3.8, 4) is 11.1 Å². The smallest absolute Gasteiger partial charge is 0.228 e. The van der Waals surface area contributed by atoms with E-state index in [1.807, 2.05) is 6.07 Å². The first kappa shape index (κ1) is 22.9. The molecule has 0 radical (unpaired) electrons. The van der Waals surface area contributed by atoms with E-state index in [1.54, 1.807) is 12.4 Å². The molecule has 4 aliphatic rings. The summed E-state index contributed by atoms with van der Waals surface area (Å²) < 4.78 is 0. The van der Waals surface area contributed by atoms with Crippen LogP contribution >= 0.6 is 0 Å². The van der Waals surface area contributed by atoms with Gasteiger partial charge in [-0.05, 0) is 84.4 Å². The van der Waals surface area contributed by atoms with E-state index < -0.39 is 0 Å². The Morgan fingerprint density at radius 1 is 0.946 bits per heavy atom. The first-order valence-electron chi connectivity index (χ1n) is 14.0. The van der Waals surface area contributed by atoms with Gasteiger partial charge >= 0.3 is 0 Å². The third-order valence-electron chi connectivity index (χ3n) is 9.11. The summed E-state index contributed by atoms with van der Waals surface area (Å²) in [6, 6.07) is 14.9. The Morgan fingerprint density at radius 3 is 2.62 bits per heavy atom. The Hall–Kier alpha value is -3.25. The van der Waals surface area contributed by atoms with E-state index in [4.69, 9.17) is 5.73 Å². The number of nitrogen functional groups attached to an aromatic ring is 1. The number of piperidine rings is 1. The summed E-state index contributed by atoms with van der Waals surface area (Å²) in [5.41, 5.74) is 14.1. The number of aromatic nitrogens is 2. The molecule has 6 heteroatoms. The number of likely N-dealkylation sites (tertiary alicyclic amines) is 2. The van der Waals surface area contributed by atoms with E-state index >= 15 is 0 Å². The van der Waals surface area contributed by atoms with Crippen LogP contribution in [0.2, 0.25) is 0 Å². The number of anilines is 1. The lowest BCUT2D eigenvalue weighted by molar-refractivity contribution is -0.139. The van der Waals surface area contributed by atoms with Gasteiger partial charge in [0.05, 0.1) is 12.0 Å². The average molecular weight is 494 g/mol. The summed E-state index contributed by atoms with van der Waals surface area (Å²) in [5, 5.41) is 0.